The van der Waals surface area contributed by atoms with Crippen LogP contribution in [-0.2, 0) is 13.0 Å². The fourth-order valence-corrected chi connectivity index (χ4v) is 3.25. The van der Waals surface area contributed by atoms with Gasteiger partial charge in [-0.05, 0) is 60.4 Å². The highest BCUT2D eigenvalue weighted by molar-refractivity contribution is 5.79. The van der Waals surface area contributed by atoms with Crippen molar-refractivity contribution >= 4 is 16.7 Å². The smallest absolute Gasteiger partial charge is 0.189 e. The molecule has 0 spiro atoms. The van der Waals surface area contributed by atoms with E-state index in [1.807, 2.05) is 12.1 Å². The molecule has 4 rings (SSSR count). The van der Waals surface area contributed by atoms with Crippen LogP contribution in [0.25, 0.3) is 11.0 Å². The van der Waals surface area contributed by atoms with Crippen LogP contribution in [0.3, 0.4) is 0 Å². The summed E-state index contributed by atoms with van der Waals surface area (Å²) in [6.07, 6.45) is 2.11. The molecule has 0 amide bonds. The van der Waals surface area contributed by atoms with E-state index < -0.39 is 0 Å². The Morgan fingerprint density at radius 2 is 1.92 bits per heavy atom. The third-order valence-corrected chi connectivity index (χ3v) is 4.67. The van der Waals surface area contributed by atoms with Gasteiger partial charge in [-0.1, -0.05) is 35.9 Å². The maximum absolute atomic E-state index is 5.86. The summed E-state index contributed by atoms with van der Waals surface area (Å²) in [6.45, 7) is 5.16. The fraction of sp³-hybridized carbons (Fsp3) is 0.300. The van der Waals surface area contributed by atoms with Crippen molar-refractivity contribution in [3.63, 3.8) is 0 Å². The lowest BCUT2D eigenvalue weighted by Crippen LogP contribution is -2.19. The van der Waals surface area contributed by atoms with E-state index in [0.29, 0.717) is 0 Å². The van der Waals surface area contributed by atoms with Crippen LogP contribution in [0.1, 0.15) is 42.0 Å². The number of nitrogens with zero attached hydrogens (tertiary/aromatic N) is 2. The van der Waals surface area contributed by atoms with Crippen LogP contribution in [0.5, 0.6) is 0 Å². The molecule has 0 aliphatic carbocycles. The number of rotatable bonds is 6. The Morgan fingerprint density at radius 3 is 2.69 bits per heavy atom. The summed E-state index contributed by atoms with van der Waals surface area (Å²) in [5.41, 5.74) is 11.7. The Balaban J connectivity index is 1.46. The second-order valence-electron chi connectivity index (χ2n) is 6.66. The molecule has 0 atom stereocenters. The lowest BCUT2D eigenvalue weighted by atomic mass is 10.0. The zero-order valence-corrected chi connectivity index (χ0v) is 15.0. The van der Waals surface area contributed by atoms with Crippen LogP contribution in [0.4, 0.5) is 5.69 Å². The Morgan fingerprint density at radius 1 is 1.08 bits per heavy atom. The Hall–Kier alpha value is -3.02. The van der Waals surface area contributed by atoms with Crippen molar-refractivity contribution in [2.24, 2.45) is 10.4 Å². The highest BCUT2D eigenvalue weighted by atomic mass is 16.3. The molecule has 6 nitrogen and oxygen atoms in total. The molecule has 26 heavy (non-hydrogen) atoms. The van der Waals surface area contributed by atoms with Crippen LogP contribution < -0.4 is 16.2 Å². The second kappa shape index (κ2) is 7.07. The molecule has 0 radical (unpaired) electrons. The zero-order chi connectivity index (χ0) is 17.9. The lowest BCUT2D eigenvalue weighted by Gasteiger charge is -2.10. The molecule has 0 saturated carbocycles. The highest BCUT2D eigenvalue weighted by Gasteiger charge is 2.18. The highest BCUT2D eigenvalue weighted by Crippen LogP contribution is 2.25. The molecule has 2 aromatic carbocycles. The normalized spacial score (nSPS) is 13.8. The number of hydrogen-bond donors (Lipinski definition) is 3. The molecule has 0 unspecified atom stereocenters. The minimum Gasteiger partial charge on any atom is -0.457 e. The monoisotopic (exact) mass is 349 g/mol. The van der Waals surface area contributed by atoms with Gasteiger partial charge in [-0.3, -0.25) is 10.9 Å². The van der Waals surface area contributed by atoms with Gasteiger partial charge < -0.3 is 9.73 Å². The van der Waals surface area contributed by atoms with Gasteiger partial charge in [-0.15, -0.1) is 0 Å². The molecule has 1 aliphatic heterocycles. The first-order valence-corrected chi connectivity index (χ1v) is 8.99. The van der Waals surface area contributed by atoms with Gasteiger partial charge in [0, 0.05) is 17.6 Å². The molecule has 3 aromatic rings. The molecule has 1 aliphatic rings. The van der Waals surface area contributed by atoms with Crippen LogP contribution in [0.15, 0.2) is 57.3 Å². The van der Waals surface area contributed by atoms with Crippen molar-refractivity contribution in [3.8, 4) is 0 Å². The van der Waals surface area contributed by atoms with Crippen molar-refractivity contribution in [2.45, 2.75) is 39.4 Å². The number of anilines is 1. The largest absolute Gasteiger partial charge is 0.457 e. The molecule has 6 heteroatoms. The Labute approximate surface area is 152 Å². The molecular formula is C20H23N5O. The molecule has 0 bridgehead atoms. The third kappa shape index (κ3) is 3.35. The molecule has 0 fully saturated rings. The van der Waals surface area contributed by atoms with E-state index >= 15 is 0 Å². The van der Waals surface area contributed by atoms with Gasteiger partial charge in [-0.2, -0.15) is 0 Å². The lowest BCUT2D eigenvalue weighted by molar-refractivity contribution is 0.429. The predicted molar refractivity (Wildman–Crippen MR) is 103 cm³/mol. The van der Waals surface area contributed by atoms with Gasteiger partial charge in [-0.25, -0.2) is 0 Å². The van der Waals surface area contributed by atoms with Crippen LogP contribution in [0, 0.1) is 6.92 Å². The van der Waals surface area contributed by atoms with E-state index in [1.165, 1.54) is 23.1 Å². The molecular weight excluding hydrogens is 326 g/mol. The van der Waals surface area contributed by atoms with Crippen molar-refractivity contribution < 1.29 is 4.42 Å². The number of nitrogens with one attached hydrogen (secondary N) is 3. The molecule has 1 aromatic heterocycles. The fourth-order valence-electron chi connectivity index (χ4n) is 3.25. The predicted octanol–water partition coefficient (Wildman–Crippen LogP) is 4.78. The summed E-state index contributed by atoms with van der Waals surface area (Å²) >= 11 is 0. The van der Waals surface area contributed by atoms with E-state index in [4.69, 9.17) is 4.42 Å². The maximum Gasteiger partial charge on any atom is 0.189 e. The van der Waals surface area contributed by atoms with Crippen LogP contribution in [0.2, 0.25) is 0 Å². The number of hydrogen-bond acceptors (Lipinski definition) is 6. The van der Waals surface area contributed by atoms with E-state index in [-0.39, 0.29) is 6.17 Å². The van der Waals surface area contributed by atoms with Gasteiger partial charge in [0.1, 0.15) is 5.58 Å². The summed E-state index contributed by atoms with van der Waals surface area (Å²) in [7, 11) is 0. The van der Waals surface area contributed by atoms with Gasteiger partial charge in [0.15, 0.2) is 11.9 Å². The van der Waals surface area contributed by atoms with E-state index in [0.717, 1.165) is 35.4 Å². The first-order valence-electron chi connectivity index (χ1n) is 8.99. The van der Waals surface area contributed by atoms with E-state index in [1.54, 1.807) is 0 Å². The van der Waals surface area contributed by atoms with Crippen LogP contribution >= 0.6 is 0 Å². The first kappa shape index (κ1) is 16.4. The summed E-state index contributed by atoms with van der Waals surface area (Å²) < 4.78 is 5.86. The Bertz CT molecular complexity index is 939. The average molecular weight is 349 g/mol. The molecule has 2 heterocycles. The minimum atomic E-state index is -0.200. The van der Waals surface area contributed by atoms with Crippen molar-refractivity contribution in [2.75, 3.05) is 5.32 Å². The average Bonchev–Trinajstić information content (AvgIpc) is 3.31. The van der Waals surface area contributed by atoms with Gasteiger partial charge >= 0.3 is 0 Å². The van der Waals surface area contributed by atoms with Crippen molar-refractivity contribution in [1.82, 2.24) is 10.9 Å². The summed E-state index contributed by atoms with van der Waals surface area (Å²) in [4.78, 5) is 0. The summed E-state index contributed by atoms with van der Waals surface area (Å²) in [5, 5.41) is 12.0. The zero-order valence-electron chi connectivity index (χ0n) is 15.0. The summed E-state index contributed by atoms with van der Waals surface area (Å²) in [6, 6.07) is 14.9. The van der Waals surface area contributed by atoms with Gasteiger partial charge in [0.25, 0.3) is 0 Å². The SMILES string of the molecule is CCCc1ccc(NCc2ccc3oc(C4NN=NN4)cc3c2)cc1C. The maximum atomic E-state index is 5.86. The molecule has 3 N–H and O–H groups in total. The number of furan rings is 1. The van der Waals surface area contributed by atoms with Crippen LogP contribution in [-0.4, -0.2) is 0 Å². The number of benzene rings is 2. The quantitative estimate of drug-likeness (QED) is 0.599. The number of aryl methyl sites for hydroxylation is 2. The summed E-state index contributed by atoms with van der Waals surface area (Å²) in [5.74, 6) is 0.775. The first-order chi connectivity index (χ1) is 12.7. The van der Waals surface area contributed by atoms with E-state index in [2.05, 4.69) is 70.8 Å². The Kier molecular flexibility index (Phi) is 4.48. The second-order valence-corrected chi connectivity index (χ2v) is 6.66. The minimum absolute atomic E-state index is 0.200. The molecule has 0 saturated heterocycles. The molecule has 134 valence electrons. The van der Waals surface area contributed by atoms with Gasteiger partial charge in [0.05, 0.1) is 0 Å². The van der Waals surface area contributed by atoms with Gasteiger partial charge in [0.2, 0.25) is 0 Å². The topological polar surface area (TPSA) is 74.0 Å². The standard InChI is InChI=1S/C20H23N5O/c1-3-4-15-6-7-17(9-13(15)2)21-12-14-5-8-18-16(10-14)11-19(26-18)20-22-24-25-23-20/h5-11,20-21H,3-4,12H2,1-2H3,(H,22,25)(H,23,24). The third-order valence-electron chi connectivity index (χ3n) is 4.67. The van der Waals surface area contributed by atoms with Crippen molar-refractivity contribution in [3.05, 3.63) is 64.9 Å². The van der Waals surface area contributed by atoms with Crippen molar-refractivity contribution in [1.29, 1.82) is 0 Å². The number of fused-ring (bicyclic) bond motifs is 1. The van der Waals surface area contributed by atoms with E-state index in [9.17, 15) is 0 Å².